The van der Waals surface area contributed by atoms with E-state index in [0.29, 0.717) is 118 Å². The minimum atomic E-state index is -0.383. The number of urea groups is 1. The van der Waals surface area contributed by atoms with Gasteiger partial charge >= 0.3 is 6.03 Å². The van der Waals surface area contributed by atoms with E-state index < -0.39 is 0 Å². The molecule has 0 saturated carbocycles. The van der Waals surface area contributed by atoms with Crippen LogP contribution in [0.5, 0.6) is 11.8 Å². The summed E-state index contributed by atoms with van der Waals surface area (Å²) in [6.45, 7) is 3.54. The van der Waals surface area contributed by atoms with E-state index in [2.05, 4.69) is 25.9 Å². The molecule has 50 heavy (non-hydrogen) atoms. The molecule has 2 aromatic carbocycles. The van der Waals surface area contributed by atoms with Crippen LogP contribution in [0.25, 0.3) is 33.6 Å². The third kappa shape index (κ3) is 7.91. The van der Waals surface area contributed by atoms with Gasteiger partial charge in [-0.05, 0) is 18.8 Å². The minimum absolute atomic E-state index is 0.0785. The fourth-order valence-corrected chi connectivity index (χ4v) is 6.94. The summed E-state index contributed by atoms with van der Waals surface area (Å²) < 4.78 is 11.2. The van der Waals surface area contributed by atoms with Gasteiger partial charge in [0, 0.05) is 74.0 Å². The summed E-state index contributed by atoms with van der Waals surface area (Å²) in [5.74, 6) is 1.17. The van der Waals surface area contributed by atoms with E-state index >= 15 is 0 Å². The topological polar surface area (TPSA) is 170 Å². The number of hydrogen-bond acceptors (Lipinski definition) is 10. The first-order chi connectivity index (χ1) is 24.2. The van der Waals surface area contributed by atoms with Crippen LogP contribution in [-0.4, -0.2) is 83.2 Å². The maximum Gasteiger partial charge on any atom is 0.314 e. The number of nitrogens with zero attached hydrogens (tertiary/aromatic N) is 5. The number of primary amides is 1. The monoisotopic (exact) mass is 719 g/mol. The van der Waals surface area contributed by atoms with E-state index in [9.17, 15) is 9.59 Å². The molecule has 15 heteroatoms. The highest BCUT2D eigenvalue weighted by atomic mass is 35.5. The lowest BCUT2D eigenvalue weighted by molar-refractivity contribution is -0.119. The number of rotatable bonds is 13. The van der Waals surface area contributed by atoms with Gasteiger partial charge in [-0.1, -0.05) is 59.6 Å². The van der Waals surface area contributed by atoms with Gasteiger partial charge in [-0.3, -0.25) is 14.8 Å². The Kier molecular flexibility index (Phi) is 11.3. The summed E-state index contributed by atoms with van der Waals surface area (Å²) >= 11 is 14.1. The molecule has 4 aromatic rings. The zero-order chi connectivity index (χ0) is 35.2. The first-order valence-electron chi connectivity index (χ1n) is 16.4. The van der Waals surface area contributed by atoms with Gasteiger partial charge < -0.3 is 36.1 Å². The Morgan fingerprint density at radius 1 is 0.880 bits per heavy atom. The normalized spacial score (nSPS) is 17.2. The first-order valence-corrected chi connectivity index (χ1v) is 17.1. The predicted molar refractivity (Wildman–Crippen MR) is 191 cm³/mol. The summed E-state index contributed by atoms with van der Waals surface area (Å²) in [6, 6.07) is 11.0. The molecule has 0 spiro atoms. The number of benzene rings is 2. The highest BCUT2D eigenvalue weighted by molar-refractivity contribution is 6.39. The fraction of sp³-hybridized carbons (Fsp3) is 0.371. The molecule has 0 bridgehead atoms. The van der Waals surface area contributed by atoms with Crippen LogP contribution < -0.4 is 31.2 Å². The number of amides is 3. The Morgan fingerprint density at radius 2 is 1.42 bits per heavy atom. The maximum atomic E-state index is 11.5. The van der Waals surface area contributed by atoms with Crippen molar-refractivity contribution in [2.75, 3.05) is 40.4 Å². The van der Waals surface area contributed by atoms with E-state index in [1.54, 1.807) is 31.5 Å². The van der Waals surface area contributed by atoms with Gasteiger partial charge in [-0.15, -0.1) is 0 Å². The molecule has 5 N–H and O–H groups in total. The Balaban J connectivity index is 1.18. The molecule has 2 aliphatic heterocycles. The van der Waals surface area contributed by atoms with Crippen LogP contribution in [0.15, 0.2) is 48.8 Å². The summed E-state index contributed by atoms with van der Waals surface area (Å²) in [4.78, 5) is 43.3. The summed E-state index contributed by atoms with van der Waals surface area (Å²) in [5.41, 5.74) is 10.6. The van der Waals surface area contributed by atoms with Crippen LogP contribution in [-0.2, 0) is 17.9 Å². The lowest BCUT2D eigenvalue weighted by Gasteiger charge is -2.16. The van der Waals surface area contributed by atoms with Crippen LogP contribution >= 0.6 is 23.2 Å². The molecular formula is C35H39Cl2N9O4. The Bertz CT molecular complexity index is 1880. The molecule has 4 heterocycles. The maximum absolute atomic E-state index is 11.5. The number of methoxy groups -OCH3 is 2. The van der Waals surface area contributed by atoms with Crippen molar-refractivity contribution in [3.05, 3.63) is 70.2 Å². The molecule has 2 aliphatic rings. The third-order valence-corrected chi connectivity index (χ3v) is 9.75. The Hall–Kier alpha value is -4.56. The van der Waals surface area contributed by atoms with Crippen molar-refractivity contribution in [1.29, 1.82) is 0 Å². The number of halogens is 2. The number of likely N-dealkylation sites (tertiary alicyclic amines) is 1. The summed E-state index contributed by atoms with van der Waals surface area (Å²) in [7, 11) is 3.11. The number of carbonyl (C=O) groups excluding carboxylic acids is 2. The van der Waals surface area contributed by atoms with Crippen LogP contribution in [0.3, 0.4) is 0 Å². The molecule has 0 radical (unpaired) electrons. The quantitative estimate of drug-likeness (QED) is 0.155. The van der Waals surface area contributed by atoms with Gasteiger partial charge in [0.1, 0.15) is 11.4 Å². The lowest BCUT2D eigenvalue weighted by Crippen LogP contribution is -2.35. The molecule has 1 unspecified atom stereocenters. The van der Waals surface area contributed by atoms with E-state index in [1.807, 2.05) is 36.4 Å². The van der Waals surface area contributed by atoms with Gasteiger partial charge in [0.05, 0.1) is 48.0 Å². The van der Waals surface area contributed by atoms with Gasteiger partial charge in [0.15, 0.2) is 0 Å². The summed E-state index contributed by atoms with van der Waals surface area (Å²) in [5, 5.41) is 10.6. The second-order valence-electron chi connectivity index (χ2n) is 12.3. The number of carbonyl (C=O) groups is 2. The van der Waals surface area contributed by atoms with Crippen LogP contribution in [0.2, 0.25) is 10.0 Å². The zero-order valence-electron chi connectivity index (χ0n) is 27.8. The van der Waals surface area contributed by atoms with Crippen LogP contribution in [0, 0.1) is 5.92 Å². The smallest absolute Gasteiger partial charge is 0.314 e. The molecule has 2 aromatic heterocycles. The highest BCUT2D eigenvalue weighted by Gasteiger charge is 2.25. The first kappa shape index (κ1) is 35.3. The molecular weight excluding hydrogens is 681 g/mol. The molecule has 2 atom stereocenters. The number of hydrogen-bond donors (Lipinski definition) is 4. The van der Waals surface area contributed by atoms with Crippen molar-refractivity contribution in [2.45, 2.75) is 38.4 Å². The second-order valence-corrected chi connectivity index (χ2v) is 13.0. The Labute approximate surface area is 300 Å². The van der Waals surface area contributed by atoms with Gasteiger partial charge in [0.25, 0.3) is 0 Å². The SMILES string of the molecule is COc1nc(-c2cccc(-c3cccc(-c4cnc(CNC[C@@H]5CCC(=O)N5)c(OC)n4)c3Cl)c2Cl)cnc1CNCC1CCN(C(N)=O)C1. The van der Waals surface area contributed by atoms with Crippen molar-refractivity contribution < 1.29 is 19.1 Å². The molecule has 13 nitrogen and oxygen atoms in total. The molecule has 2 saturated heterocycles. The summed E-state index contributed by atoms with van der Waals surface area (Å²) in [6.07, 6.45) is 5.60. The van der Waals surface area contributed by atoms with Crippen molar-refractivity contribution in [2.24, 2.45) is 11.7 Å². The largest absolute Gasteiger partial charge is 0.480 e. The van der Waals surface area contributed by atoms with Crippen molar-refractivity contribution in [1.82, 2.24) is 40.8 Å². The second kappa shape index (κ2) is 16.0. The number of aromatic nitrogens is 4. The average molecular weight is 721 g/mol. The van der Waals surface area contributed by atoms with Crippen LogP contribution in [0.4, 0.5) is 4.79 Å². The number of nitrogens with one attached hydrogen (secondary N) is 3. The van der Waals surface area contributed by atoms with E-state index in [-0.39, 0.29) is 18.0 Å². The molecule has 2 fully saturated rings. The zero-order valence-corrected chi connectivity index (χ0v) is 29.4. The molecule has 262 valence electrons. The van der Waals surface area contributed by atoms with Crippen molar-refractivity contribution >= 4 is 35.1 Å². The van der Waals surface area contributed by atoms with E-state index in [0.717, 1.165) is 12.8 Å². The number of ether oxygens (including phenoxy) is 2. The minimum Gasteiger partial charge on any atom is -0.480 e. The van der Waals surface area contributed by atoms with E-state index in [1.165, 1.54) is 0 Å². The molecule has 0 aliphatic carbocycles. The third-order valence-electron chi connectivity index (χ3n) is 8.94. The highest BCUT2D eigenvalue weighted by Crippen LogP contribution is 2.42. The fourth-order valence-electron chi connectivity index (χ4n) is 6.29. The van der Waals surface area contributed by atoms with Crippen LogP contribution in [0.1, 0.15) is 30.7 Å². The Morgan fingerprint density at radius 3 is 1.90 bits per heavy atom. The lowest BCUT2D eigenvalue weighted by atomic mass is 9.98. The standard InChI is InChI=1S/C35H39Cl2N9O4/c1-49-33-28(15-39-13-20-11-12-46(19-20)35(38)48)41-17-26(44-33)24-7-3-5-22(31(24)36)23-6-4-8-25(32(23)37)27-18-42-29(34(45-27)50-2)16-40-14-21-9-10-30(47)43-21/h3-8,17-18,20-21,39-40H,9-16,19H2,1-2H3,(H2,38,48)(H,43,47)/t20?,21-/m0/s1. The average Bonchev–Trinajstić information content (AvgIpc) is 3.78. The van der Waals surface area contributed by atoms with Crippen molar-refractivity contribution in [3.8, 4) is 45.4 Å². The molecule has 6 rings (SSSR count). The molecule has 3 amide bonds. The van der Waals surface area contributed by atoms with Gasteiger partial charge in [-0.25, -0.2) is 14.8 Å². The number of nitrogens with two attached hydrogens (primary N) is 1. The van der Waals surface area contributed by atoms with E-state index in [4.69, 9.17) is 48.4 Å². The predicted octanol–water partition coefficient (Wildman–Crippen LogP) is 4.45. The van der Waals surface area contributed by atoms with Gasteiger partial charge in [-0.2, -0.15) is 0 Å². The van der Waals surface area contributed by atoms with Gasteiger partial charge in [0.2, 0.25) is 17.7 Å². The van der Waals surface area contributed by atoms with Crippen molar-refractivity contribution in [3.63, 3.8) is 0 Å².